The van der Waals surface area contributed by atoms with Crippen LogP contribution in [0.15, 0.2) is 24.3 Å². The smallest absolute Gasteiger partial charge is 0.419 e. The molecule has 1 aromatic rings. The van der Waals surface area contributed by atoms with Crippen molar-refractivity contribution in [2.75, 3.05) is 13.1 Å². The van der Waals surface area contributed by atoms with Crippen molar-refractivity contribution in [3.63, 3.8) is 0 Å². The molecule has 1 aliphatic rings. The van der Waals surface area contributed by atoms with Gasteiger partial charge in [0.25, 0.3) is 0 Å². The highest BCUT2D eigenvalue weighted by atomic mass is 19.4. The Morgan fingerprint density at radius 2 is 2.10 bits per heavy atom. The van der Waals surface area contributed by atoms with Gasteiger partial charge in [0, 0.05) is 12.5 Å². The fourth-order valence-electron chi connectivity index (χ4n) is 2.76. The molecule has 1 aromatic carbocycles. The molecule has 0 aromatic heterocycles. The average molecular weight is 301 g/mol. The van der Waals surface area contributed by atoms with E-state index in [2.05, 4.69) is 12.2 Å². The van der Waals surface area contributed by atoms with Gasteiger partial charge in [0.2, 0.25) is 0 Å². The quantitative estimate of drug-likeness (QED) is 0.848. The van der Waals surface area contributed by atoms with E-state index in [1.807, 2.05) is 0 Å². The number of rotatable bonds is 6. The normalized spacial score (nSPS) is 20.5. The van der Waals surface area contributed by atoms with Gasteiger partial charge in [-0.15, -0.1) is 0 Å². The highest BCUT2D eigenvalue weighted by Crippen LogP contribution is 2.37. The minimum Gasteiger partial charge on any atom is -0.489 e. The number of halogens is 3. The van der Waals surface area contributed by atoms with Crippen LogP contribution >= 0.6 is 0 Å². The van der Waals surface area contributed by atoms with E-state index in [1.54, 1.807) is 6.07 Å². The standard InChI is InChI=1S/C16H22F3NO/c1-2-3-7-14(12-9-10-20-11-12)21-15-8-5-4-6-13(15)16(17,18)19/h4-6,8,12,14,20H,2-3,7,9-11H2,1H3/t12-,14+/m0/s1. The van der Waals surface area contributed by atoms with E-state index in [0.29, 0.717) is 0 Å². The van der Waals surface area contributed by atoms with Crippen LogP contribution in [0.25, 0.3) is 0 Å². The molecule has 0 saturated carbocycles. The van der Waals surface area contributed by atoms with Crippen LogP contribution in [0.2, 0.25) is 0 Å². The van der Waals surface area contributed by atoms with Gasteiger partial charge >= 0.3 is 6.18 Å². The Hall–Kier alpha value is -1.23. The van der Waals surface area contributed by atoms with E-state index in [9.17, 15) is 13.2 Å². The number of hydrogen-bond acceptors (Lipinski definition) is 2. The van der Waals surface area contributed by atoms with Crippen molar-refractivity contribution in [1.29, 1.82) is 0 Å². The zero-order chi connectivity index (χ0) is 15.3. The van der Waals surface area contributed by atoms with Crippen molar-refractivity contribution < 1.29 is 17.9 Å². The van der Waals surface area contributed by atoms with Crippen LogP contribution in [0.5, 0.6) is 5.75 Å². The van der Waals surface area contributed by atoms with Gasteiger partial charge in [-0.3, -0.25) is 0 Å². The molecule has 0 amide bonds. The Bertz CT molecular complexity index is 441. The van der Waals surface area contributed by atoms with E-state index in [4.69, 9.17) is 4.74 Å². The molecule has 118 valence electrons. The molecular weight excluding hydrogens is 279 g/mol. The summed E-state index contributed by atoms with van der Waals surface area (Å²) in [5.41, 5.74) is -0.683. The van der Waals surface area contributed by atoms with E-state index >= 15 is 0 Å². The first-order valence-corrected chi connectivity index (χ1v) is 7.56. The first-order valence-electron chi connectivity index (χ1n) is 7.56. The van der Waals surface area contributed by atoms with Gasteiger partial charge in [-0.25, -0.2) is 0 Å². The zero-order valence-corrected chi connectivity index (χ0v) is 12.2. The first-order chi connectivity index (χ1) is 10.0. The van der Waals surface area contributed by atoms with Crippen LogP contribution in [0, 0.1) is 5.92 Å². The Balaban J connectivity index is 2.15. The second kappa shape index (κ2) is 7.16. The van der Waals surface area contributed by atoms with E-state index < -0.39 is 11.7 Å². The van der Waals surface area contributed by atoms with Crippen LogP contribution in [0.1, 0.15) is 38.2 Å². The first kappa shape index (κ1) is 16.1. The highest BCUT2D eigenvalue weighted by molar-refractivity contribution is 5.35. The lowest BCUT2D eigenvalue weighted by Crippen LogP contribution is -2.29. The Morgan fingerprint density at radius 1 is 1.33 bits per heavy atom. The largest absolute Gasteiger partial charge is 0.489 e. The molecule has 2 atom stereocenters. The lowest BCUT2D eigenvalue weighted by molar-refractivity contribution is -0.139. The number of benzene rings is 1. The predicted octanol–water partition coefficient (Wildman–Crippen LogP) is 4.25. The second-order valence-corrected chi connectivity index (χ2v) is 5.55. The molecule has 0 spiro atoms. The van der Waals surface area contributed by atoms with Crippen molar-refractivity contribution in [2.45, 2.75) is 44.9 Å². The lowest BCUT2D eigenvalue weighted by Gasteiger charge is -2.26. The second-order valence-electron chi connectivity index (χ2n) is 5.55. The summed E-state index contributed by atoms with van der Waals surface area (Å²) in [6.45, 7) is 3.81. The molecule has 1 fully saturated rings. The molecule has 2 rings (SSSR count). The third-order valence-electron chi connectivity index (χ3n) is 3.94. The SMILES string of the molecule is CCCC[C@@H](Oc1ccccc1C(F)(F)F)[C@H]1CCNC1. The van der Waals surface area contributed by atoms with Gasteiger partial charge in [0.05, 0.1) is 5.56 Å². The number of unbranched alkanes of at least 4 members (excludes halogenated alkanes) is 1. The summed E-state index contributed by atoms with van der Waals surface area (Å²) >= 11 is 0. The van der Waals surface area contributed by atoms with Crippen molar-refractivity contribution in [2.24, 2.45) is 5.92 Å². The molecule has 1 saturated heterocycles. The lowest BCUT2D eigenvalue weighted by atomic mass is 9.96. The van der Waals surface area contributed by atoms with Gasteiger partial charge in [0.1, 0.15) is 11.9 Å². The minimum absolute atomic E-state index is 0.0435. The van der Waals surface area contributed by atoms with Gasteiger partial charge in [-0.1, -0.05) is 31.9 Å². The number of nitrogens with one attached hydrogen (secondary N) is 1. The van der Waals surface area contributed by atoms with Crippen LogP contribution in [-0.2, 0) is 6.18 Å². The maximum absolute atomic E-state index is 13.0. The third kappa shape index (κ3) is 4.37. The molecule has 0 aliphatic carbocycles. The topological polar surface area (TPSA) is 21.3 Å². The van der Waals surface area contributed by atoms with Crippen LogP contribution < -0.4 is 10.1 Å². The van der Waals surface area contributed by atoms with Crippen LogP contribution in [0.4, 0.5) is 13.2 Å². The summed E-state index contributed by atoms with van der Waals surface area (Å²) in [5.74, 6) is 0.246. The van der Waals surface area contributed by atoms with Crippen molar-refractivity contribution in [3.05, 3.63) is 29.8 Å². The molecule has 1 heterocycles. The summed E-state index contributed by atoms with van der Waals surface area (Å²) in [5, 5.41) is 3.26. The molecule has 0 radical (unpaired) electrons. The molecule has 1 aliphatic heterocycles. The van der Waals surface area contributed by atoms with Crippen LogP contribution in [0.3, 0.4) is 0 Å². The van der Waals surface area contributed by atoms with E-state index in [-0.39, 0.29) is 17.8 Å². The predicted molar refractivity (Wildman–Crippen MR) is 76.4 cm³/mol. The molecule has 1 N–H and O–H groups in total. The molecule has 21 heavy (non-hydrogen) atoms. The maximum Gasteiger partial charge on any atom is 0.419 e. The van der Waals surface area contributed by atoms with Crippen molar-refractivity contribution in [3.8, 4) is 5.75 Å². The third-order valence-corrected chi connectivity index (χ3v) is 3.94. The van der Waals surface area contributed by atoms with Crippen molar-refractivity contribution in [1.82, 2.24) is 5.32 Å². The van der Waals surface area contributed by atoms with Gasteiger partial charge in [-0.2, -0.15) is 13.2 Å². The average Bonchev–Trinajstić information content (AvgIpc) is 2.97. The number of ether oxygens (including phenoxy) is 1. The van der Waals surface area contributed by atoms with E-state index in [0.717, 1.165) is 44.8 Å². The molecule has 0 bridgehead atoms. The zero-order valence-electron chi connectivity index (χ0n) is 12.2. The number of hydrogen-bond donors (Lipinski definition) is 1. The highest BCUT2D eigenvalue weighted by Gasteiger charge is 2.35. The monoisotopic (exact) mass is 301 g/mol. The van der Waals surface area contributed by atoms with Gasteiger partial charge in [-0.05, 0) is 31.5 Å². The summed E-state index contributed by atoms with van der Waals surface area (Å²) in [6.07, 6.45) is -0.781. The Morgan fingerprint density at radius 3 is 2.71 bits per heavy atom. The van der Waals surface area contributed by atoms with Gasteiger partial charge in [0.15, 0.2) is 0 Å². The van der Waals surface area contributed by atoms with Crippen molar-refractivity contribution >= 4 is 0 Å². The fourth-order valence-corrected chi connectivity index (χ4v) is 2.76. The van der Waals surface area contributed by atoms with Gasteiger partial charge < -0.3 is 10.1 Å². The van der Waals surface area contributed by atoms with Crippen LogP contribution in [-0.4, -0.2) is 19.2 Å². The Kier molecular flexibility index (Phi) is 5.51. The van der Waals surface area contributed by atoms with E-state index in [1.165, 1.54) is 12.1 Å². The Labute approximate surface area is 123 Å². The molecule has 0 unspecified atom stereocenters. The summed E-state index contributed by atoms with van der Waals surface area (Å²) in [7, 11) is 0. The summed E-state index contributed by atoms with van der Waals surface area (Å²) < 4.78 is 44.9. The number of para-hydroxylation sites is 1. The number of alkyl halides is 3. The molecule has 5 heteroatoms. The summed E-state index contributed by atoms with van der Waals surface area (Å²) in [4.78, 5) is 0. The maximum atomic E-state index is 13.0. The fraction of sp³-hybridized carbons (Fsp3) is 0.625. The molecule has 2 nitrogen and oxygen atoms in total. The minimum atomic E-state index is -4.38. The summed E-state index contributed by atoms with van der Waals surface area (Å²) in [6, 6.07) is 5.49. The molecular formula is C16H22F3NO.